The van der Waals surface area contributed by atoms with Crippen molar-refractivity contribution in [3.05, 3.63) is 0 Å². The number of amides is 1. The minimum Gasteiger partial charge on any atom is -0.341 e. The van der Waals surface area contributed by atoms with Crippen molar-refractivity contribution in [2.24, 2.45) is 5.73 Å². The molecule has 4 heteroatoms. The first kappa shape index (κ1) is 10.5. The number of nitrogens with two attached hydrogens (primary N) is 1. The first-order valence-electron chi connectivity index (χ1n) is 4.98. The summed E-state index contributed by atoms with van der Waals surface area (Å²) in [6, 6.07) is -0.0275. The molecule has 76 valence electrons. The minimum atomic E-state index is -0.0275. The van der Waals surface area contributed by atoms with Crippen molar-refractivity contribution in [1.29, 1.82) is 0 Å². The van der Waals surface area contributed by atoms with Crippen LogP contribution in [0.25, 0.3) is 0 Å². The Kier molecular flexibility index (Phi) is 4.18. The van der Waals surface area contributed by atoms with Crippen LogP contribution in [0.1, 0.15) is 19.8 Å². The minimum absolute atomic E-state index is 0.0275. The number of hydrogen-bond donors (Lipinski definition) is 2. The molecule has 3 N–H and O–H groups in total. The van der Waals surface area contributed by atoms with Gasteiger partial charge in [0.05, 0.1) is 6.04 Å². The summed E-state index contributed by atoms with van der Waals surface area (Å²) in [6.07, 6.45) is 1.94. The molecule has 0 spiro atoms. The van der Waals surface area contributed by atoms with Gasteiger partial charge in [-0.2, -0.15) is 0 Å². The highest BCUT2D eigenvalue weighted by molar-refractivity contribution is 5.81. The van der Waals surface area contributed by atoms with Crippen molar-refractivity contribution in [3.8, 4) is 0 Å². The number of rotatable bonds is 3. The van der Waals surface area contributed by atoms with Crippen LogP contribution in [0.4, 0.5) is 0 Å². The number of hydrogen-bond acceptors (Lipinski definition) is 3. The summed E-state index contributed by atoms with van der Waals surface area (Å²) in [5.74, 6) is 0.214. The maximum Gasteiger partial charge on any atom is 0.239 e. The summed E-state index contributed by atoms with van der Waals surface area (Å²) < 4.78 is 0. The van der Waals surface area contributed by atoms with Crippen LogP contribution in [-0.2, 0) is 4.79 Å². The van der Waals surface area contributed by atoms with E-state index in [9.17, 15) is 4.79 Å². The van der Waals surface area contributed by atoms with Gasteiger partial charge in [0.15, 0.2) is 0 Å². The van der Waals surface area contributed by atoms with Crippen LogP contribution < -0.4 is 11.1 Å². The number of carbonyl (C=O) groups excluding carboxylic acids is 1. The highest BCUT2D eigenvalue weighted by Crippen LogP contribution is 2.02. The van der Waals surface area contributed by atoms with Crippen molar-refractivity contribution in [1.82, 2.24) is 10.2 Å². The molecule has 1 aliphatic rings. The third-order valence-corrected chi connectivity index (χ3v) is 2.37. The fourth-order valence-electron chi connectivity index (χ4n) is 1.56. The molecular weight excluding hydrogens is 166 g/mol. The molecule has 1 rings (SSSR count). The second-order valence-corrected chi connectivity index (χ2v) is 3.50. The molecule has 1 saturated heterocycles. The SMILES string of the molecule is CC1NCCCN(CCCN)C1=O. The Morgan fingerprint density at radius 3 is 3.15 bits per heavy atom. The van der Waals surface area contributed by atoms with Crippen LogP contribution in [0, 0.1) is 0 Å². The van der Waals surface area contributed by atoms with Crippen molar-refractivity contribution in [2.75, 3.05) is 26.2 Å². The Morgan fingerprint density at radius 2 is 2.46 bits per heavy atom. The van der Waals surface area contributed by atoms with E-state index in [2.05, 4.69) is 5.32 Å². The predicted octanol–water partition coefficient (Wildman–Crippen LogP) is -0.454. The summed E-state index contributed by atoms with van der Waals surface area (Å²) in [7, 11) is 0. The van der Waals surface area contributed by atoms with E-state index in [4.69, 9.17) is 5.73 Å². The Bertz CT molecular complexity index is 172. The van der Waals surface area contributed by atoms with Crippen LogP contribution in [0.2, 0.25) is 0 Å². The Balaban J connectivity index is 2.44. The second kappa shape index (κ2) is 5.19. The summed E-state index contributed by atoms with van der Waals surface area (Å²) in [5.41, 5.74) is 5.41. The second-order valence-electron chi connectivity index (χ2n) is 3.50. The van der Waals surface area contributed by atoms with Gasteiger partial charge in [0, 0.05) is 13.1 Å². The van der Waals surface area contributed by atoms with Crippen LogP contribution >= 0.6 is 0 Å². The average Bonchev–Trinajstić information content (AvgIpc) is 2.28. The molecule has 4 nitrogen and oxygen atoms in total. The summed E-state index contributed by atoms with van der Waals surface area (Å²) in [4.78, 5) is 13.6. The molecule has 0 aliphatic carbocycles. The monoisotopic (exact) mass is 185 g/mol. The fourth-order valence-corrected chi connectivity index (χ4v) is 1.56. The lowest BCUT2D eigenvalue weighted by molar-refractivity contribution is -0.132. The topological polar surface area (TPSA) is 58.4 Å². The van der Waals surface area contributed by atoms with Gasteiger partial charge in [0.1, 0.15) is 0 Å². The van der Waals surface area contributed by atoms with Crippen molar-refractivity contribution >= 4 is 5.91 Å². The largest absolute Gasteiger partial charge is 0.341 e. The summed E-state index contributed by atoms with van der Waals surface area (Å²) in [5, 5.41) is 3.18. The quantitative estimate of drug-likeness (QED) is 0.626. The summed E-state index contributed by atoms with van der Waals surface area (Å²) >= 11 is 0. The molecule has 1 aliphatic heterocycles. The number of carbonyl (C=O) groups is 1. The maximum absolute atomic E-state index is 11.7. The van der Waals surface area contributed by atoms with E-state index in [1.165, 1.54) is 0 Å². The standard InChI is InChI=1S/C9H19N3O/c1-8-9(13)12(6-2-4-10)7-3-5-11-8/h8,11H,2-7,10H2,1H3. The van der Waals surface area contributed by atoms with E-state index in [0.717, 1.165) is 32.5 Å². The molecule has 0 bridgehead atoms. The van der Waals surface area contributed by atoms with Crippen molar-refractivity contribution in [3.63, 3.8) is 0 Å². The predicted molar refractivity (Wildman–Crippen MR) is 52.3 cm³/mol. The number of nitrogens with zero attached hydrogens (tertiary/aromatic N) is 1. The third-order valence-electron chi connectivity index (χ3n) is 2.37. The molecule has 0 saturated carbocycles. The molecule has 1 atom stereocenters. The Labute approximate surface area is 79.5 Å². The molecule has 1 heterocycles. The molecule has 13 heavy (non-hydrogen) atoms. The van der Waals surface area contributed by atoms with Gasteiger partial charge in [-0.25, -0.2) is 0 Å². The molecular formula is C9H19N3O. The highest BCUT2D eigenvalue weighted by atomic mass is 16.2. The summed E-state index contributed by atoms with van der Waals surface area (Å²) in [6.45, 7) is 5.19. The lowest BCUT2D eigenvalue weighted by Crippen LogP contribution is -2.42. The Morgan fingerprint density at radius 1 is 1.69 bits per heavy atom. The van der Waals surface area contributed by atoms with Crippen molar-refractivity contribution < 1.29 is 4.79 Å². The van der Waals surface area contributed by atoms with E-state index in [-0.39, 0.29) is 11.9 Å². The lowest BCUT2D eigenvalue weighted by Gasteiger charge is -2.22. The molecule has 0 aromatic carbocycles. The van der Waals surface area contributed by atoms with E-state index in [0.29, 0.717) is 6.54 Å². The van der Waals surface area contributed by atoms with Gasteiger partial charge in [-0.15, -0.1) is 0 Å². The zero-order valence-electron chi connectivity index (χ0n) is 8.25. The van der Waals surface area contributed by atoms with Crippen LogP contribution in [0.5, 0.6) is 0 Å². The van der Waals surface area contributed by atoms with Crippen LogP contribution in [0.15, 0.2) is 0 Å². The highest BCUT2D eigenvalue weighted by Gasteiger charge is 2.21. The van der Waals surface area contributed by atoms with Crippen molar-refractivity contribution in [2.45, 2.75) is 25.8 Å². The fraction of sp³-hybridized carbons (Fsp3) is 0.889. The molecule has 0 aromatic heterocycles. The molecule has 1 unspecified atom stereocenters. The normalized spacial score (nSPS) is 24.6. The maximum atomic E-state index is 11.7. The van der Waals surface area contributed by atoms with E-state index in [1.54, 1.807) is 0 Å². The first-order valence-corrected chi connectivity index (χ1v) is 4.98. The Hall–Kier alpha value is -0.610. The molecule has 0 aromatic rings. The van der Waals surface area contributed by atoms with E-state index >= 15 is 0 Å². The first-order chi connectivity index (χ1) is 6.25. The van der Waals surface area contributed by atoms with Gasteiger partial charge >= 0.3 is 0 Å². The van der Waals surface area contributed by atoms with E-state index in [1.807, 2.05) is 11.8 Å². The van der Waals surface area contributed by atoms with Gasteiger partial charge in [0.2, 0.25) is 5.91 Å². The zero-order chi connectivity index (χ0) is 9.68. The van der Waals surface area contributed by atoms with Gasteiger partial charge in [-0.05, 0) is 32.9 Å². The third kappa shape index (κ3) is 2.97. The van der Waals surface area contributed by atoms with Crippen LogP contribution in [0.3, 0.4) is 0 Å². The molecule has 1 fully saturated rings. The lowest BCUT2D eigenvalue weighted by atomic mass is 10.3. The zero-order valence-corrected chi connectivity index (χ0v) is 8.25. The van der Waals surface area contributed by atoms with Gasteiger partial charge in [-0.1, -0.05) is 0 Å². The molecule has 1 amide bonds. The van der Waals surface area contributed by atoms with E-state index < -0.39 is 0 Å². The average molecular weight is 185 g/mol. The van der Waals surface area contributed by atoms with Gasteiger partial charge in [0.25, 0.3) is 0 Å². The van der Waals surface area contributed by atoms with Gasteiger partial charge in [-0.3, -0.25) is 4.79 Å². The number of nitrogens with one attached hydrogen (secondary N) is 1. The smallest absolute Gasteiger partial charge is 0.239 e. The molecule has 0 radical (unpaired) electrons. The van der Waals surface area contributed by atoms with Crippen LogP contribution in [-0.4, -0.2) is 43.0 Å². The van der Waals surface area contributed by atoms with Gasteiger partial charge < -0.3 is 16.0 Å².